The second-order valence-electron chi connectivity index (χ2n) is 3.29. The van der Waals surface area contributed by atoms with Crippen LogP contribution in [-0.4, -0.2) is 23.4 Å². The molecule has 1 rings (SSSR count). The van der Waals surface area contributed by atoms with Gasteiger partial charge in [-0.3, -0.25) is 4.79 Å². The van der Waals surface area contributed by atoms with Crippen LogP contribution in [0.15, 0.2) is 0 Å². The molecule has 0 bridgehead atoms. The standard InChI is InChI=1S/C9H17NO.C2H6/c1-3-9(11)10-7-5-4-6-8(10)2;1-2/h8H,3-7H2,1-2H3;1-2H3/t8-;/m1./s1. The quantitative estimate of drug-likeness (QED) is 0.615. The van der Waals surface area contributed by atoms with E-state index in [9.17, 15) is 4.79 Å². The molecule has 1 saturated heterocycles. The molecule has 0 aromatic rings. The predicted molar refractivity (Wildman–Crippen MR) is 56.7 cm³/mol. The zero-order chi connectivity index (χ0) is 10.3. The Morgan fingerprint density at radius 3 is 2.46 bits per heavy atom. The summed E-state index contributed by atoms with van der Waals surface area (Å²) >= 11 is 0. The van der Waals surface area contributed by atoms with E-state index in [-0.39, 0.29) is 0 Å². The average molecular weight is 185 g/mol. The van der Waals surface area contributed by atoms with E-state index in [1.807, 2.05) is 25.7 Å². The summed E-state index contributed by atoms with van der Waals surface area (Å²) in [7, 11) is 0. The minimum absolute atomic E-state index is 0.317. The van der Waals surface area contributed by atoms with Gasteiger partial charge in [-0.2, -0.15) is 0 Å². The summed E-state index contributed by atoms with van der Waals surface area (Å²) in [5.41, 5.74) is 0. The van der Waals surface area contributed by atoms with Crippen LogP contribution in [0.25, 0.3) is 0 Å². The number of piperidine rings is 1. The normalized spacial score (nSPS) is 21.8. The van der Waals surface area contributed by atoms with Crippen molar-refractivity contribution >= 4 is 5.91 Å². The number of carbonyl (C=O) groups is 1. The molecule has 13 heavy (non-hydrogen) atoms. The Morgan fingerprint density at radius 1 is 1.38 bits per heavy atom. The first-order valence-electron chi connectivity index (χ1n) is 5.55. The molecule has 1 fully saturated rings. The Labute approximate surface area is 82.3 Å². The molecule has 0 spiro atoms. The lowest BCUT2D eigenvalue weighted by Crippen LogP contribution is -2.41. The number of nitrogens with zero attached hydrogens (tertiary/aromatic N) is 1. The van der Waals surface area contributed by atoms with Gasteiger partial charge in [0, 0.05) is 19.0 Å². The molecule has 2 nitrogen and oxygen atoms in total. The van der Waals surface area contributed by atoms with Crippen LogP contribution in [0.5, 0.6) is 0 Å². The van der Waals surface area contributed by atoms with Gasteiger partial charge in [0.1, 0.15) is 0 Å². The van der Waals surface area contributed by atoms with E-state index in [0.717, 1.165) is 6.54 Å². The van der Waals surface area contributed by atoms with Crippen molar-refractivity contribution in [2.75, 3.05) is 6.54 Å². The van der Waals surface area contributed by atoms with Gasteiger partial charge in [-0.15, -0.1) is 0 Å². The number of hydrogen-bond donors (Lipinski definition) is 0. The van der Waals surface area contributed by atoms with Crippen molar-refractivity contribution in [2.45, 2.75) is 59.4 Å². The average Bonchev–Trinajstić information content (AvgIpc) is 2.20. The van der Waals surface area contributed by atoms with Crippen LogP contribution in [0.2, 0.25) is 0 Å². The fourth-order valence-corrected chi connectivity index (χ4v) is 1.67. The number of rotatable bonds is 1. The van der Waals surface area contributed by atoms with Crippen LogP contribution in [0.1, 0.15) is 53.4 Å². The van der Waals surface area contributed by atoms with Gasteiger partial charge < -0.3 is 4.90 Å². The van der Waals surface area contributed by atoms with Gasteiger partial charge in [-0.05, 0) is 26.2 Å². The highest BCUT2D eigenvalue weighted by Crippen LogP contribution is 2.16. The molecule has 1 aliphatic heterocycles. The van der Waals surface area contributed by atoms with E-state index in [1.165, 1.54) is 19.3 Å². The smallest absolute Gasteiger partial charge is 0.222 e. The second-order valence-corrected chi connectivity index (χ2v) is 3.29. The van der Waals surface area contributed by atoms with Crippen molar-refractivity contribution in [1.29, 1.82) is 0 Å². The fraction of sp³-hybridized carbons (Fsp3) is 0.909. The highest BCUT2D eigenvalue weighted by Gasteiger charge is 2.21. The first-order chi connectivity index (χ1) is 6.25. The first kappa shape index (κ1) is 12.5. The van der Waals surface area contributed by atoms with Crippen molar-refractivity contribution in [3.8, 4) is 0 Å². The molecule has 78 valence electrons. The van der Waals surface area contributed by atoms with Gasteiger partial charge in [0.05, 0.1) is 0 Å². The molecule has 0 aromatic carbocycles. The molecule has 1 atom stereocenters. The molecule has 1 amide bonds. The highest BCUT2D eigenvalue weighted by molar-refractivity contribution is 5.76. The zero-order valence-corrected chi connectivity index (χ0v) is 9.47. The van der Waals surface area contributed by atoms with E-state index in [2.05, 4.69) is 6.92 Å². The molecular weight excluding hydrogens is 162 g/mol. The van der Waals surface area contributed by atoms with E-state index < -0.39 is 0 Å². The maximum atomic E-state index is 11.3. The van der Waals surface area contributed by atoms with E-state index in [1.54, 1.807) is 0 Å². The van der Waals surface area contributed by atoms with Crippen molar-refractivity contribution in [3.63, 3.8) is 0 Å². The van der Waals surface area contributed by atoms with Crippen molar-refractivity contribution in [3.05, 3.63) is 0 Å². The Bertz CT molecular complexity index is 145. The third-order valence-corrected chi connectivity index (χ3v) is 2.43. The molecule has 0 aromatic heterocycles. The number of likely N-dealkylation sites (tertiary alicyclic amines) is 1. The lowest BCUT2D eigenvalue weighted by atomic mass is 10.0. The first-order valence-corrected chi connectivity index (χ1v) is 5.55. The Morgan fingerprint density at radius 2 is 2.00 bits per heavy atom. The van der Waals surface area contributed by atoms with Crippen LogP contribution in [-0.2, 0) is 4.79 Å². The highest BCUT2D eigenvalue weighted by atomic mass is 16.2. The minimum Gasteiger partial charge on any atom is -0.340 e. The van der Waals surface area contributed by atoms with Crippen molar-refractivity contribution < 1.29 is 4.79 Å². The van der Waals surface area contributed by atoms with Crippen LogP contribution in [0.3, 0.4) is 0 Å². The number of carbonyl (C=O) groups excluding carboxylic acids is 1. The Balaban J connectivity index is 0.000000671. The fourth-order valence-electron chi connectivity index (χ4n) is 1.67. The lowest BCUT2D eigenvalue weighted by molar-refractivity contribution is -0.134. The number of hydrogen-bond acceptors (Lipinski definition) is 1. The van der Waals surface area contributed by atoms with Gasteiger partial charge >= 0.3 is 0 Å². The van der Waals surface area contributed by atoms with E-state index in [0.29, 0.717) is 18.4 Å². The van der Waals surface area contributed by atoms with Gasteiger partial charge in [0.15, 0.2) is 0 Å². The predicted octanol–water partition coefficient (Wildman–Crippen LogP) is 2.82. The Hall–Kier alpha value is -0.530. The SMILES string of the molecule is CC.CCC(=O)N1CCCC[C@H]1C. The van der Waals surface area contributed by atoms with Crippen LogP contribution < -0.4 is 0 Å². The number of amides is 1. The third-order valence-electron chi connectivity index (χ3n) is 2.43. The minimum atomic E-state index is 0.317. The van der Waals surface area contributed by atoms with Gasteiger partial charge in [0.25, 0.3) is 0 Å². The Kier molecular flexibility index (Phi) is 6.65. The van der Waals surface area contributed by atoms with Gasteiger partial charge in [0.2, 0.25) is 5.91 Å². The summed E-state index contributed by atoms with van der Waals surface area (Å²) in [4.78, 5) is 13.3. The summed E-state index contributed by atoms with van der Waals surface area (Å²) in [6.45, 7) is 9.06. The summed E-state index contributed by atoms with van der Waals surface area (Å²) < 4.78 is 0. The zero-order valence-electron chi connectivity index (χ0n) is 9.47. The van der Waals surface area contributed by atoms with Crippen LogP contribution in [0, 0.1) is 0 Å². The summed E-state index contributed by atoms with van der Waals surface area (Å²) in [6.07, 6.45) is 4.32. The van der Waals surface area contributed by atoms with Gasteiger partial charge in [-0.1, -0.05) is 20.8 Å². The molecule has 1 aliphatic rings. The second kappa shape index (κ2) is 6.93. The molecule has 1 heterocycles. The monoisotopic (exact) mass is 185 g/mol. The maximum absolute atomic E-state index is 11.3. The lowest BCUT2D eigenvalue weighted by Gasteiger charge is -2.33. The molecule has 0 N–H and O–H groups in total. The molecule has 0 saturated carbocycles. The van der Waals surface area contributed by atoms with E-state index >= 15 is 0 Å². The van der Waals surface area contributed by atoms with Crippen molar-refractivity contribution in [2.24, 2.45) is 0 Å². The largest absolute Gasteiger partial charge is 0.340 e. The van der Waals surface area contributed by atoms with Gasteiger partial charge in [-0.25, -0.2) is 0 Å². The third kappa shape index (κ3) is 3.79. The maximum Gasteiger partial charge on any atom is 0.222 e. The topological polar surface area (TPSA) is 20.3 Å². The summed E-state index contributed by atoms with van der Waals surface area (Å²) in [5.74, 6) is 0.317. The van der Waals surface area contributed by atoms with Crippen LogP contribution >= 0.6 is 0 Å². The summed E-state index contributed by atoms with van der Waals surface area (Å²) in [5, 5.41) is 0. The van der Waals surface area contributed by atoms with Crippen molar-refractivity contribution in [1.82, 2.24) is 4.90 Å². The molecule has 0 aliphatic carbocycles. The molecule has 0 radical (unpaired) electrons. The molecule has 2 heteroatoms. The molecular formula is C11H23NO. The molecule has 0 unspecified atom stereocenters. The summed E-state index contributed by atoms with van der Waals surface area (Å²) in [6, 6.07) is 0.483. The van der Waals surface area contributed by atoms with E-state index in [4.69, 9.17) is 0 Å². The van der Waals surface area contributed by atoms with Crippen LogP contribution in [0.4, 0.5) is 0 Å².